The molecule has 1 aliphatic rings. The largest absolute Gasteiger partial charge is 0.385 e. The Kier molecular flexibility index (Phi) is 3.50. The highest BCUT2D eigenvalue weighted by Crippen LogP contribution is 2.36. The van der Waals surface area contributed by atoms with Gasteiger partial charge in [-0.15, -0.1) is 11.3 Å². The Morgan fingerprint density at radius 3 is 2.80 bits per heavy atom. The highest BCUT2D eigenvalue weighted by Gasteiger charge is 2.30. The van der Waals surface area contributed by atoms with Gasteiger partial charge in [0.1, 0.15) is 6.10 Å². The highest BCUT2D eigenvalue weighted by molar-refractivity contribution is 9.11. The second-order valence-corrected chi connectivity index (χ2v) is 6.51. The Balaban J connectivity index is 2.10. The SMILES string of the molecule is Cc1cc(C(O)C2CCC(C)O2)sc1Br. The normalized spacial score (nSPS) is 28.3. The minimum absolute atomic E-state index is 0.0232. The summed E-state index contributed by atoms with van der Waals surface area (Å²) in [5, 5.41) is 10.1. The maximum Gasteiger partial charge on any atom is 0.114 e. The predicted octanol–water partition coefficient (Wildman–Crippen LogP) is 3.42. The number of halogens is 1. The van der Waals surface area contributed by atoms with Gasteiger partial charge in [-0.1, -0.05) is 0 Å². The van der Waals surface area contributed by atoms with E-state index in [1.165, 1.54) is 5.56 Å². The maximum atomic E-state index is 10.1. The van der Waals surface area contributed by atoms with Gasteiger partial charge in [0.2, 0.25) is 0 Å². The van der Waals surface area contributed by atoms with E-state index in [4.69, 9.17) is 4.74 Å². The Morgan fingerprint density at radius 1 is 1.60 bits per heavy atom. The molecule has 2 nitrogen and oxygen atoms in total. The van der Waals surface area contributed by atoms with Gasteiger partial charge in [0.25, 0.3) is 0 Å². The Morgan fingerprint density at radius 2 is 2.33 bits per heavy atom. The van der Waals surface area contributed by atoms with E-state index in [0.717, 1.165) is 21.5 Å². The molecule has 15 heavy (non-hydrogen) atoms. The van der Waals surface area contributed by atoms with E-state index in [9.17, 15) is 5.11 Å². The van der Waals surface area contributed by atoms with E-state index in [2.05, 4.69) is 22.9 Å². The number of hydrogen-bond donors (Lipinski definition) is 1. The molecular weight excluding hydrogens is 276 g/mol. The van der Waals surface area contributed by atoms with Crippen LogP contribution in [-0.4, -0.2) is 17.3 Å². The monoisotopic (exact) mass is 290 g/mol. The van der Waals surface area contributed by atoms with Crippen LogP contribution in [0.5, 0.6) is 0 Å². The van der Waals surface area contributed by atoms with Gasteiger partial charge in [0.15, 0.2) is 0 Å². The van der Waals surface area contributed by atoms with Crippen molar-refractivity contribution in [1.82, 2.24) is 0 Å². The minimum Gasteiger partial charge on any atom is -0.385 e. The number of aliphatic hydroxyl groups excluding tert-OH is 1. The van der Waals surface area contributed by atoms with Crippen molar-refractivity contribution in [3.8, 4) is 0 Å². The maximum absolute atomic E-state index is 10.1. The fourth-order valence-electron chi connectivity index (χ4n) is 1.88. The van der Waals surface area contributed by atoms with Gasteiger partial charge in [0.05, 0.1) is 16.0 Å². The van der Waals surface area contributed by atoms with Crippen LogP contribution in [0.3, 0.4) is 0 Å². The van der Waals surface area contributed by atoms with Gasteiger partial charge in [-0.05, 0) is 54.2 Å². The molecule has 0 saturated carbocycles. The second kappa shape index (κ2) is 4.53. The van der Waals surface area contributed by atoms with Crippen molar-refractivity contribution in [2.24, 2.45) is 0 Å². The topological polar surface area (TPSA) is 29.5 Å². The standard InChI is InChI=1S/C11H15BrO2S/c1-6-5-9(15-11(6)12)10(13)8-4-3-7(2)14-8/h5,7-8,10,13H,3-4H2,1-2H3. The number of rotatable bonds is 2. The minimum atomic E-state index is -0.468. The first-order valence-corrected chi connectivity index (χ1v) is 6.78. The van der Waals surface area contributed by atoms with E-state index < -0.39 is 6.10 Å². The molecule has 3 unspecified atom stereocenters. The Bertz CT molecular complexity index is 331. The lowest BCUT2D eigenvalue weighted by Gasteiger charge is -2.16. The first-order chi connectivity index (χ1) is 7.08. The molecule has 0 aliphatic carbocycles. The highest BCUT2D eigenvalue weighted by atomic mass is 79.9. The van der Waals surface area contributed by atoms with Crippen molar-refractivity contribution >= 4 is 27.3 Å². The number of ether oxygens (including phenoxy) is 1. The zero-order valence-electron chi connectivity index (χ0n) is 8.87. The van der Waals surface area contributed by atoms with Crippen LogP contribution in [0.2, 0.25) is 0 Å². The summed E-state index contributed by atoms with van der Waals surface area (Å²) in [7, 11) is 0. The number of aryl methyl sites for hydroxylation is 1. The molecule has 1 fully saturated rings. The van der Waals surface area contributed by atoms with Crippen LogP contribution in [0, 0.1) is 6.92 Å². The summed E-state index contributed by atoms with van der Waals surface area (Å²) < 4.78 is 6.77. The van der Waals surface area contributed by atoms with Crippen LogP contribution in [-0.2, 0) is 4.74 Å². The Labute approximate surface area is 102 Å². The molecule has 84 valence electrons. The quantitative estimate of drug-likeness (QED) is 0.904. The zero-order valence-corrected chi connectivity index (χ0v) is 11.3. The van der Waals surface area contributed by atoms with Gasteiger partial charge in [-0.2, -0.15) is 0 Å². The fourth-order valence-corrected chi connectivity index (χ4v) is 3.49. The zero-order chi connectivity index (χ0) is 11.0. The number of aliphatic hydroxyl groups is 1. The van der Waals surface area contributed by atoms with Gasteiger partial charge < -0.3 is 9.84 Å². The number of hydrogen-bond acceptors (Lipinski definition) is 3. The smallest absolute Gasteiger partial charge is 0.114 e. The van der Waals surface area contributed by atoms with E-state index in [1.807, 2.05) is 13.0 Å². The lowest BCUT2D eigenvalue weighted by atomic mass is 10.1. The van der Waals surface area contributed by atoms with Crippen LogP contribution in [0.25, 0.3) is 0 Å². The molecule has 2 heterocycles. The molecule has 0 aromatic carbocycles. The van der Waals surface area contributed by atoms with Crippen molar-refractivity contribution in [3.05, 3.63) is 20.3 Å². The second-order valence-electron chi connectivity index (χ2n) is 4.11. The van der Waals surface area contributed by atoms with Crippen LogP contribution in [0.4, 0.5) is 0 Å². The van der Waals surface area contributed by atoms with Crippen LogP contribution >= 0.6 is 27.3 Å². The van der Waals surface area contributed by atoms with Gasteiger partial charge in [-0.3, -0.25) is 0 Å². The molecule has 1 aliphatic heterocycles. The third kappa shape index (κ3) is 2.44. The van der Waals surface area contributed by atoms with Crippen molar-refractivity contribution in [1.29, 1.82) is 0 Å². The Hall–Kier alpha value is 0.100. The fraction of sp³-hybridized carbons (Fsp3) is 0.636. The van der Waals surface area contributed by atoms with Gasteiger partial charge in [0, 0.05) is 4.88 Å². The molecule has 0 spiro atoms. The van der Waals surface area contributed by atoms with Gasteiger partial charge >= 0.3 is 0 Å². The van der Waals surface area contributed by atoms with Crippen LogP contribution in [0.15, 0.2) is 9.85 Å². The average molecular weight is 291 g/mol. The molecule has 1 N–H and O–H groups in total. The molecule has 3 atom stereocenters. The molecule has 1 aromatic heterocycles. The molecule has 1 aromatic rings. The van der Waals surface area contributed by atoms with E-state index >= 15 is 0 Å². The molecule has 2 rings (SSSR count). The lowest BCUT2D eigenvalue weighted by Crippen LogP contribution is -2.17. The third-order valence-corrected chi connectivity index (χ3v) is 4.99. The summed E-state index contributed by atoms with van der Waals surface area (Å²) in [5.74, 6) is 0. The molecule has 0 radical (unpaired) electrons. The molecule has 4 heteroatoms. The first kappa shape index (κ1) is 11.6. The summed E-state index contributed by atoms with van der Waals surface area (Å²) in [5.41, 5.74) is 1.18. The summed E-state index contributed by atoms with van der Waals surface area (Å²) in [6.07, 6.45) is 1.80. The average Bonchev–Trinajstić information content (AvgIpc) is 2.74. The molecule has 0 bridgehead atoms. The van der Waals surface area contributed by atoms with Crippen molar-refractivity contribution < 1.29 is 9.84 Å². The summed E-state index contributed by atoms with van der Waals surface area (Å²) in [6.45, 7) is 4.09. The molecular formula is C11H15BrO2S. The lowest BCUT2D eigenvalue weighted by molar-refractivity contribution is -0.0283. The third-order valence-electron chi connectivity index (χ3n) is 2.78. The van der Waals surface area contributed by atoms with E-state index in [0.29, 0.717) is 0 Å². The predicted molar refractivity (Wildman–Crippen MR) is 65.3 cm³/mol. The molecule has 1 saturated heterocycles. The molecule has 0 amide bonds. The van der Waals surface area contributed by atoms with Crippen molar-refractivity contribution in [3.63, 3.8) is 0 Å². The number of thiophene rings is 1. The van der Waals surface area contributed by atoms with Crippen molar-refractivity contribution in [2.75, 3.05) is 0 Å². The van der Waals surface area contributed by atoms with Crippen molar-refractivity contribution in [2.45, 2.75) is 45.0 Å². The van der Waals surface area contributed by atoms with E-state index in [1.54, 1.807) is 11.3 Å². The summed E-state index contributed by atoms with van der Waals surface area (Å²) >= 11 is 5.07. The van der Waals surface area contributed by atoms with Crippen LogP contribution < -0.4 is 0 Å². The summed E-state index contributed by atoms with van der Waals surface area (Å²) in [6, 6.07) is 2.03. The first-order valence-electron chi connectivity index (χ1n) is 5.17. The summed E-state index contributed by atoms with van der Waals surface area (Å²) in [4.78, 5) is 0.999. The van der Waals surface area contributed by atoms with Gasteiger partial charge in [-0.25, -0.2) is 0 Å². The van der Waals surface area contributed by atoms with E-state index in [-0.39, 0.29) is 12.2 Å². The van der Waals surface area contributed by atoms with Crippen LogP contribution in [0.1, 0.15) is 36.3 Å².